The molecule has 78 valence electrons. The predicted molar refractivity (Wildman–Crippen MR) is 57.9 cm³/mol. The maximum absolute atomic E-state index is 10.3. The van der Waals surface area contributed by atoms with Gasteiger partial charge in [0.2, 0.25) is 0 Å². The van der Waals surface area contributed by atoms with Crippen LogP contribution < -0.4 is 0 Å². The summed E-state index contributed by atoms with van der Waals surface area (Å²) in [6.07, 6.45) is 5.59. The molecule has 14 heavy (non-hydrogen) atoms. The molecule has 1 aromatic heterocycles. The zero-order valence-corrected chi connectivity index (χ0v) is 9.20. The summed E-state index contributed by atoms with van der Waals surface area (Å²) in [5.74, 6) is 0.261. The quantitative estimate of drug-likeness (QED) is 0.797. The fraction of sp³-hybridized carbons (Fsp3) is 0.583. The van der Waals surface area contributed by atoms with Crippen molar-refractivity contribution < 1.29 is 5.11 Å². The molecule has 0 saturated carbocycles. The van der Waals surface area contributed by atoms with Crippen LogP contribution in [-0.2, 0) is 5.60 Å². The minimum absolute atomic E-state index is 0.261. The van der Waals surface area contributed by atoms with E-state index in [1.54, 1.807) is 12.4 Å². The van der Waals surface area contributed by atoms with E-state index in [9.17, 15) is 5.11 Å². The van der Waals surface area contributed by atoms with Crippen molar-refractivity contribution in [2.45, 2.75) is 39.2 Å². The molecule has 0 saturated heterocycles. The van der Waals surface area contributed by atoms with Crippen molar-refractivity contribution in [1.29, 1.82) is 0 Å². The first kappa shape index (κ1) is 11.2. The monoisotopic (exact) mass is 193 g/mol. The van der Waals surface area contributed by atoms with Gasteiger partial charge in [0.1, 0.15) is 0 Å². The largest absolute Gasteiger partial charge is 0.385 e. The highest BCUT2D eigenvalue weighted by Crippen LogP contribution is 2.31. The average Bonchev–Trinajstić information content (AvgIpc) is 2.19. The molecule has 2 unspecified atom stereocenters. The molecule has 1 N–H and O–H groups in total. The van der Waals surface area contributed by atoms with Crippen molar-refractivity contribution in [3.8, 4) is 0 Å². The number of hydrogen-bond donors (Lipinski definition) is 1. The van der Waals surface area contributed by atoms with Gasteiger partial charge in [0.05, 0.1) is 5.60 Å². The number of aliphatic hydroxyl groups is 1. The molecule has 0 aromatic carbocycles. The van der Waals surface area contributed by atoms with Crippen LogP contribution in [0.5, 0.6) is 0 Å². The summed E-state index contributed by atoms with van der Waals surface area (Å²) < 4.78 is 0. The maximum Gasteiger partial charge on any atom is 0.0908 e. The molecule has 0 spiro atoms. The van der Waals surface area contributed by atoms with Crippen LogP contribution >= 0.6 is 0 Å². The summed E-state index contributed by atoms with van der Waals surface area (Å²) in [6, 6.07) is 3.79. The Morgan fingerprint density at radius 1 is 1.57 bits per heavy atom. The SMILES string of the molecule is CCCC(C)C(C)(O)c1cccnc1. The summed E-state index contributed by atoms with van der Waals surface area (Å²) in [6.45, 7) is 6.08. The molecule has 2 atom stereocenters. The minimum Gasteiger partial charge on any atom is -0.385 e. The lowest BCUT2D eigenvalue weighted by Crippen LogP contribution is -2.29. The third-order valence-electron chi connectivity index (χ3n) is 2.93. The lowest BCUT2D eigenvalue weighted by molar-refractivity contribution is -0.00249. The van der Waals surface area contributed by atoms with Gasteiger partial charge in [-0.1, -0.05) is 26.3 Å². The fourth-order valence-corrected chi connectivity index (χ4v) is 1.66. The Hall–Kier alpha value is -0.890. The van der Waals surface area contributed by atoms with Gasteiger partial charge in [0.25, 0.3) is 0 Å². The lowest BCUT2D eigenvalue weighted by atomic mass is 9.82. The van der Waals surface area contributed by atoms with Gasteiger partial charge in [0.15, 0.2) is 0 Å². The molecule has 0 aliphatic heterocycles. The number of rotatable bonds is 4. The zero-order chi connectivity index (χ0) is 10.6. The summed E-state index contributed by atoms with van der Waals surface area (Å²) in [4.78, 5) is 4.03. The minimum atomic E-state index is -0.760. The summed E-state index contributed by atoms with van der Waals surface area (Å²) in [5.41, 5.74) is 0.144. The average molecular weight is 193 g/mol. The normalized spacial score (nSPS) is 17.4. The molecule has 0 fully saturated rings. The van der Waals surface area contributed by atoms with E-state index in [1.165, 1.54) is 0 Å². The highest BCUT2D eigenvalue weighted by atomic mass is 16.3. The number of nitrogens with zero attached hydrogens (tertiary/aromatic N) is 1. The van der Waals surface area contributed by atoms with E-state index < -0.39 is 5.60 Å². The van der Waals surface area contributed by atoms with Gasteiger partial charge in [-0.3, -0.25) is 4.98 Å². The lowest BCUT2D eigenvalue weighted by Gasteiger charge is -2.30. The third kappa shape index (κ3) is 2.32. The summed E-state index contributed by atoms with van der Waals surface area (Å²) >= 11 is 0. The highest BCUT2D eigenvalue weighted by Gasteiger charge is 2.29. The van der Waals surface area contributed by atoms with Crippen LogP contribution in [0.2, 0.25) is 0 Å². The fourth-order valence-electron chi connectivity index (χ4n) is 1.66. The first-order chi connectivity index (χ1) is 6.59. The second kappa shape index (κ2) is 4.56. The second-order valence-corrected chi connectivity index (χ2v) is 4.08. The van der Waals surface area contributed by atoms with Gasteiger partial charge in [-0.15, -0.1) is 0 Å². The molecule has 2 nitrogen and oxygen atoms in total. The zero-order valence-electron chi connectivity index (χ0n) is 9.20. The smallest absolute Gasteiger partial charge is 0.0908 e. The third-order valence-corrected chi connectivity index (χ3v) is 2.93. The van der Waals surface area contributed by atoms with E-state index in [-0.39, 0.29) is 5.92 Å². The topological polar surface area (TPSA) is 33.1 Å². The van der Waals surface area contributed by atoms with Gasteiger partial charge >= 0.3 is 0 Å². The number of aromatic nitrogens is 1. The number of pyridine rings is 1. The van der Waals surface area contributed by atoms with Gasteiger partial charge in [-0.05, 0) is 25.3 Å². The molecule has 0 aliphatic rings. The van der Waals surface area contributed by atoms with Crippen LogP contribution in [0.4, 0.5) is 0 Å². The Labute approximate surface area is 86.0 Å². The van der Waals surface area contributed by atoms with Gasteiger partial charge in [0, 0.05) is 18.0 Å². The van der Waals surface area contributed by atoms with Crippen molar-refractivity contribution in [3.63, 3.8) is 0 Å². The summed E-state index contributed by atoms with van der Waals surface area (Å²) in [7, 11) is 0. The van der Waals surface area contributed by atoms with E-state index >= 15 is 0 Å². The van der Waals surface area contributed by atoms with Crippen LogP contribution in [0.1, 0.15) is 39.2 Å². The first-order valence-electron chi connectivity index (χ1n) is 5.22. The molecule has 0 bridgehead atoms. The molecule has 1 rings (SSSR count). The Balaban J connectivity index is 2.84. The molecule has 0 radical (unpaired) electrons. The van der Waals surface area contributed by atoms with E-state index in [0.29, 0.717) is 0 Å². The van der Waals surface area contributed by atoms with Gasteiger partial charge in [-0.2, -0.15) is 0 Å². The van der Waals surface area contributed by atoms with E-state index in [1.807, 2.05) is 19.1 Å². The Bertz CT molecular complexity index is 269. The van der Waals surface area contributed by atoms with E-state index in [2.05, 4.69) is 18.8 Å². The predicted octanol–water partition coefficient (Wildman–Crippen LogP) is 2.73. The van der Waals surface area contributed by atoms with Gasteiger partial charge in [-0.25, -0.2) is 0 Å². The van der Waals surface area contributed by atoms with E-state index in [0.717, 1.165) is 18.4 Å². The van der Waals surface area contributed by atoms with Crippen molar-refractivity contribution in [1.82, 2.24) is 4.98 Å². The first-order valence-corrected chi connectivity index (χ1v) is 5.22. The Kier molecular flexibility index (Phi) is 3.64. The van der Waals surface area contributed by atoms with Gasteiger partial charge < -0.3 is 5.11 Å². The standard InChI is InChI=1S/C12H19NO/c1-4-6-10(2)12(3,14)11-7-5-8-13-9-11/h5,7-10,14H,4,6H2,1-3H3. The van der Waals surface area contributed by atoms with Crippen molar-refractivity contribution >= 4 is 0 Å². The number of hydrogen-bond acceptors (Lipinski definition) is 2. The molecule has 2 heteroatoms. The van der Waals surface area contributed by atoms with Crippen LogP contribution in [0, 0.1) is 5.92 Å². The van der Waals surface area contributed by atoms with Crippen LogP contribution in [-0.4, -0.2) is 10.1 Å². The van der Waals surface area contributed by atoms with Crippen molar-refractivity contribution in [2.24, 2.45) is 5.92 Å². The maximum atomic E-state index is 10.3. The second-order valence-electron chi connectivity index (χ2n) is 4.08. The highest BCUT2D eigenvalue weighted by molar-refractivity contribution is 5.17. The van der Waals surface area contributed by atoms with E-state index in [4.69, 9.17) is 0 Å². The molecule has 0 aliphatic carbocycles. The van der Waals surface area contributed by atoms with Crippen LogP contribution in [0.25, 0.3) is 0 Å². The Morgan fingerprint density at radius 3 is 2.79 bits per heavy atom. The molecule has 0 amide bonds. The van der Waals surface area contributed by atoms with Crippen molar-refractivity contribution in [2.75, 3.05) is 0 Å². The Morgan fingerprint density at radius 2 is 2.29 bits per heavy atom. The van der Waals surface area contributed by atoms with Crippen molar-refractivity contribution in [3.05, 3.63) is 30.1 Å². The molecule has 1 aromatic rings. The van der Waals surface area contributed by atoms with Crippen LogP contribution in [0.15, 0.2) is 24.5 Å². The molecule has 1 heterocycles. The molecular formula is C12H19NO. The molecular weight excluding hydrogens is 174 g/mol. The summed E-state index contributed by atoms with van der Waals surface area (Å²) in [5, 5.41) is 10.3. The van der Waals surface area contributed by atoms with Crippen LogP contribution in [0.3, 0.4) is 0 Å².